The number of thioether (sulfide) groups is 1. The van der Waals surface area contributed by atoms with E-state index in [1.807, 2.05) is 0 Å². The summed E-state index contributed by atoms with van der Waals surface area (Å²) in [4.78, 5) is 18.6. The molecule has 1 N–H and O–H groups in total. The summed E-state index contributed by atoms with van der Waals surface area (Å²) in [7, 11) is 0. The molecule has 0 atom stereocenters. The van der Waals surface area contributed by atoms with Gasteiger partial charge in [0.25, 0.3) is 0 Å². The number of nitrogens with zero attached hydrogens (tertiary/aromatic N) is 2. The Morgan fingerprint density at radius 1 is 1.39 bits per heavy atom. The molecule has 0 saturated carbocycles. The fraction of sp³-hybridized carbons (Fsp3) is 0.0833. The molecular weight excluding hydrogens is 255 g/mol. The van der Waals surface area contributed by atoms with Gasteiger partial charge in [0, 0.05) is 11.9 Å². The minimum Gasteiger partial charge on any atom is -0.478 e. The molecule has 0 radical (unpaired) electrons. The number of halogens is 1. The number of hydrogen-bond acceptors (Lipinski definition) is 4. The van der Waals surface area contributed by atoms with Gasteiger partial charge < -0.3 is 5.11 Å². The molecule has 1 aromatic heterocycles. The largest absolute Gasteiger partial charge is 0.478 e. The van der Waals surface area contributed by atoms with Crippen LogP contribution >= 0.6 is 11.8 Å². The molecule has 0 saturated heterocycles. The number of carboxylic acid groups (broad SMARTS) is 1. The number of rotatable bonds is 4. The highest BCUT2D eigenvalue weighted by atomic mass is 32.2. The van der Waals surface area contributed by atoms with Crippen LogP contribution in [-0.4, -0.2) is 21.0 Å². The molecule has 6 heteroatoms. The predicted molar refractivity (Wildman–Crippen MR) is 65.0 cm³/mol. The Balaban J connectivity index is 2.15. The highest BCUT2D eigenvalue weighted by Crippen LogP contribution is 2.23. The van der Waals surface area contributed by atoms with Crippen molar-refractivity contribution in [3.05, 3.63) is 53.7 Å². The van der Waals surface area contributed by atoms with Crippen molar-refractivity contribution in [2.24, 2.45) is 0 Å². The molecule has 0 amide bonds. The van der Waals surface area contributed by atoms with E-state index in [1.165, 1.54) is 30.2 Å². The van der Waals surface area contributed by atoms with Gasteiger partial charge in [0.15, 0.2) is 0 Å². The van der Waals surface area contributed by atoms with Gasteiger partial charge >= 0.3 is 5.97 Å². The van der Waals surface area contributed by atoms with Gasteiger partial charge in [-0.25, -0.2) is 19.2 Å². The monoisotopic (exact) mass is 264 g/mol. The summed E-state index contributed by atoms with van der Waals surface area (Å²) in [6.07, 6.45) is 3.01. The minimum atomic E-state index is -1.26. The lowest BCUT2D eigenvalue weighted by Crippen LogP contribution is -2.02. The second-order valence-corrected chi connectivity index (χ2v) is 4.42. The molecule has 2 rings (SSSR count). The molecule has 0 unspecified atom stereocenters. The van der Waals surface area contributed by atoms with Gasteiger partial charge in [-0.2, -0.15) is 0 Å². The maximum absolute atomic E-state index is 13.8. The highest BCUT2D eigenvalue weighted by molar-refractivity contribution is 7.98. The number of carboxylic acids is 1. The van der Waals surface area contributed by atoms with Crippen molar-refractivity contribution in [3.8, 4) is 0 Å². The lowest BCUT2D eigenvalue weighted by atomic mass is 10.1. The van der Waals surface area contributed by atoms with E-state index >= 15 is 0 Å². The fourth-order valence-electron chi connectivity index (χ4n) is 1.37. The van der Waals surface area contributed by atoms with Gasteiger partial charge in [-0.3, -0.25) is 0 Å². The number of aromatic carboxylic acids is 1. The third-order valence-corrected chi connectivity index (χ3v) is 3.23. The van der Waals surface area contributed by atoms with Crippen molar-refractivity contribution in [3.63, 3.8) is 0 Å². The molecule has 92 valence electrons. The van der Waals surface area contributed by atoms with Crippen LogP contribution in [0, 0.1) is 5.82 Å². The van der Waals surface area contributed by atoms with E-state index in [0.717, 1.165) is 0 Å². The number of hydrogen-bond donors (Lipinski definition) is 1. The summed E-state index contributed by atoms with van der Waals surface area (Å²) in [5.41, 5.74) is 0.0364. The zero-order chi connectivity index (χ0) is 13.0. The summed E-state index contributed by atoms with van der Waals surface area (Å²) in [5, 5.41) is 9.52. The Morgan fingerprint density at radius 2 is 2.22 bits per heavy atom. The Labute approximate surface area is 107 Å². The SMILES string of the molecule is O=C(O)c1cccc(CSc2ccncn2)c1F. The van der Waals surface area contributed by atoms with Gasteiger partial charge in [-0.15, -0.1) is 11.8 Å². The van der Waals surface area contributed by atoms with Crippen LogP contribution in [0.4, 0.5) is 4.39 Å². The Kier molecular flexibility index (Phi) is 3.88. The quantitative estimate of drug-likeness (QED) is 0.679. The first-order chi connectivity index (χ1) is 8.68. The lowest BCUT2D eigenvalue weighted by molar-refractivity contribution is 0.0691. The normalized spacial score (nSPS) is 10.3. The molecule has 4 nitrogen and oxygen atoms in total. The van der Waals surface area contributed by atoms with Crippen LogP contribution in [0.3, 0.4) is 0 Å². The molecule has 0 spiro atoms. The second kappa shape index (κ2) is 5.59. The van der Waals surface area contributed by atoms with Gasteiger partial charge in [0.2, 0.25) is 0 Å². The maximum atomic E-state index is 13.8. The van der Waals surface area contributed by atoms with Crippen LogP contribution in [0.1, 0.15) is 15.9 Å². The maximum Gasteiger partial charge on any atom is 0.338 e. The molecule has 0 aliphatic carbocycles. The van der Waals surface area contributed by atoms with E-state index in [2.05, 4.69) is 9.97 Å². The van der Waals surface area contributed by atoms with Crippen LogP contribution in [0.5, 0.6) is 0 Å². The molecule has 0 aliphatic heterocycles. The summed E-state index contributed by atoms with van der Waals surface area (Å²) >= 11 is 1.32. The highest BCUT2D eigenvalue weighted by Gasteiger charge is 2.13. The van der Waals surface area contributed by atoms with E-state index in [1.54, 1.807) is 18.3 Å². The van der Waals surface area contributed by atoms with E-state index in [4.69, 9.17) is 5.11 Å². The van der Waals surface area contributed by atoms with Crippen molar-refractivity contribution >= 4 is 17.7 Å². The summed E-state index contributed by atoms with van der Waals surface area (Å²) < 4.78 is 13.8. The molecule has 0 fully saturated rings. The summed E-state index contributed by atoms with van der Waals surface area (Å²) in [5.74, 6) is -1.63. The zero-order valence-electron chi connectivity index (χ0n) is 9.21. The van der Waals surface area contributed by atoms with E-state index in [0.29, 0.717) is 16.3 Å². The van der Waals surface area contributed by atoms with Crippen LogP contribution in [0.2, 0.25) is 0 Å². The fourth-order valence-corrected chi connectivity index (χ4v) is 2.18. The summed E-state index contributed by atoms with van der Waals surface area (Å²) in [6, 6.07) is 6.05. The topological polar surface area (TPSA) is 63.1 Å². The first-order valence-electron chi connectivity index (χ1n) is 5.08. The third-order valence-electron chi connectivity index (χ3n) is 2.24. The van der Waals surface area contributed by atoms with Crippen LogP contribution < -0.4 is 0 Å². The van der Waals surface area contributed by atoms with Crippen molar-refractivity contribution in [1.82, 2.24) is 9.97 Å². The van der Waals surface area contributed by atoms with Crippen LogP contribution in [0.15, 0.2) is 41.8 Å². The van der Waals surface area contributed by atoms with Crippen molar-refractivity contribution < 1.29 is 14.3 Å². The second-order valence-electron chi connectivity index (χ2n) is 3.42. The predicted octanol–water partition coefficient (Wildman–Crippen LogP) is 2.61. The van der Waals surface area contributed by atoms with E-state index in [9.17, 15) is 9.18 Å². The molecule has 0 bridgehead atoms. The standard InChI is InChI=1S/C12H9FN2O2S/c13-11-8(2-1-3-9(11)12(16)17)6-18-10-4-5-14-7-15-10/h1-5,7H,6H2,(H,16,17). The average Bonchev–Trinajstić information content (AvgIpc) is 2.38. The van der Waals surface area contributed by atoms with Crippen LogP contribution in [-0.2, 0) is 5.75 Å². The summed E-state index contributed by atoms with van der Waals surface area (Å²) in [6.45, 7) is 0. The number of carbonyl (C=O) groups is 1. The molecule has 1 heterocycles. The third kappa shape index (κ3) is 2.84. The van der Waals surface area contributed by atoms with Gasteiger partial charge in [0.05, 0.1) is 10.6 Å². The van der Waals surface area contributed by atoms with Crippen LogP contribution in [0.25, 0.3) is 0 Å². The first-order valence-corrected chi connectivity index (χ1v) is 6.06. The molecule has 0 aliphatic rings. The average molecular weight is 264 g/mol. The van der Waals surface area contributed by atoms with Gasteiger partial charge in [-0.1, -0.05) is 12.1 Å². The van der Waals surface area contributed by atoms with E-state index < -0.39 is 11.8 Å². The first kappa shape index (κ1) is 12.5. The molecule has 1 aromatic carbocycles. The van der Waals surface area contributed by atoms with Gasteiger partial charge in [0.1, 0.15) is 12.1 Å². The van der Waals surface area contributed by atoms with Gasteiger partial charge in [-0.05, 0) is 17.7 Å². The lowest BCUT2D eigenvalue weighted by Gasteiger charge is -2.05. The number of benzene rings is 1. The van der Waals surface area contributed by atoms with Crippen molar-refractivity contribution in [2.75, 3.05) is 0 Å². The Morgan fingerprint density at radius 3 is 2.89 bits per heavy atom. The number of aromatic nitrogens is 2. The smallest absolute Gasteiger partial charge is 0.338 e. The Hall–Kier alpha value is -1.95. The minimum absolute atomic E-state index is 0.309. The Bertz CT molecular complexity index is 563. The zero-order valence-corrected chi connectivity index (χ0v) is 10.0. The van der Waals surface area contributed by atoms with E-state index in [-0.39, 0.29) is 5.56 Å². The van der Waals surface area contributed by atoms with Crippen molar-refractivity contribution in [1.29, 1.82) is 0 Å². The van der Waals surface area contributed by atoms with Crippen molar-refractivity contribution in [2.45, 2.75) is 10.8 Å². The molecule has 18 heavy (non-hydrogen) atoms. The molecule has 2 aromatic rings. The molecular formula is C12H9FN2O2S.